The molecule has 1 aromatic carbocycles. The number of likely N-dealkylation sites (N-methyl/N-ethyl adjacent to an activating group) is 1. The van der Waals surface area contributed by atoms with Crippen molar-refractivity contribution in [1.29, 1.82) is 0 Å². The summed E-state index contributed by atoms with van der Waals surface area (Å²) in [6.45, 7) is 13.6. The van der Waals surface area contributed by atoms with Gasteiger partial charge < -0.3 is 25.0 Å². The highest BCUT2D eigenvalue weighted by Gasteiger charge is 2.14. The first-order valence-corrected chi connectivity index (χ1v) is 10.9. The van der Waals surface area contributed by atoms with Crippen molar-refractivity contribution in [2.75, 3.05) is 73.1 Å². The fraction of sp³-hybridized carbons (Fsp3) is 0.682. The molecule has 0 atom stereocenters. The normalized spacial score (nSPS) is 15.4. The van der Waals surface area contributed by atoms with Crippen molar-refractivity contribution in [3.05, 3.63) is 23.8 Å². The van der Waals surface area contributed by atoms with Gasteiger partial charge in [-0.25, -0.2) is 0 Å². The molecule has 0 radical (unpaired) electrons. The summed E-state index contributed by atoms with van der Waals surface area (Å²) < 4.78 is 11.0. The van der Waals surface area contributed by atoms with Gasteiger partial charge in [0.25, 0.3) is 0 Å². The van der Waals surface area contributed by atoms with Crippen LogP contribution in [0.1, 0.15) is 25.8 Å². The number of methoxy groups -OCH3 is 1. The number of hydrogen-bond acceptors (Lipinski definition) is 5. The summed E-state index contributed by atoms with van der Waals surface area (Å²) in [4.78, 5) is 9.36. The molecule has 30 heavy (non-hydrogen) atoms. The van der Waals surface area contributed by atoms with Gasteiger partial charge in [0.1, 0.15) is 0 Å². The van der Waals surface area contributed by atoms with Crippen LogP contribution in [0.3, 0.4) is 0 Å². The lowest BCUT2D eigenvalue weighted by molar-refractivity contribution is 0.139. The number of nitrogens with one attached hydrogen (secondary N) is 2. The number of hydrogen-bond donors (Lipinski definition) is 2. The Balaban J connectivity index is 0.00000450. The summed E-state index contributed by atoms with van der Waals surface area (Å²) in [6, 6.07) is 6.16. The minimum absolute atomic E-state index is 0. The zero-order valence-electron chi connectivity index (χ0n) is 19.1. The Labute approximate surface area is 199 Å². The standard InChI is InChI=1S/C22H39N5O2.HI/c1-5-26-14-16-27(17-15-26)13-12-25-22(23-3)24-11-7-8-19-9-10-20(28-4)21(18-19)29-6-2;/h9-10,18H,5-8,11-17H2,1-4H3,(H2,23,24,25);1H. The Morgan fingerprint density at radius 3 is 2.37 bits per heavy atom. The number of ether oxygens (including phenoxy) is 2. The highest BCUT2D eigenvalue weighted by molar-refractivity contribution is 14.0. The SMILES string of the molecule is CCOc1cc(CCCNC(=NC)NCCN2CCN(CC)CC2)ccc1OC.I. The molecule has 0 amide bonds. The Bertz CT molecular complexity index is 622. The Kier molecular flexibility index (Phi) is 13.9. The van der Waals surface area contributed by atoms with Crippen LogP contribution in [-0.4, -0.2) is 88.9 Å². The van der Waals surface area contributed by atoms with Crippen molar-refractivity contribution < 1.29 is 9.47 Å². The van der Waals surface area contributed by atoms with Gasteiger partial charge in [0.15, 0.2) is 17.5 Å². The van der Waals surface area contributed by atoms with Gasteiger partial charge in [0, 0.05) is 52.9 Å². The lowest BCUT2D eigenvalue weighted by Crippen LogP contribution is -2.49. The highest BCUT2D eigenvalue weighted by atomic mass is 127. The van der Waals surface area contributed by atoms with Crippen LogP contribution in [0, 0.1) is 0 Å². The molecule has 1 fully saturated rings. The van der Waals surface area contributed by atoms with Crippen molar-refractivity contribution in [3.63, 3.8) is 0 Å². The number of rotatable bonds is 11. The number of guanidine groups is 1. The lowest BCUT2D eigenvalue weighted by atomic mass is 10.1. The second kappa shape index (κ2) is 15.5. The van der Waals surface area contributed by atoms with E-state index in [9.17, 15) is 0 Å². The zero-order chi connectivity index (χ0) is 20.9. The van der Waals surface area contributed by atoms with Gasteiger partial charge in [-0.05, 0) is 44.0 Å². The Morgan fingerprint density at radius 1 is 1.03 bits per heavy atom. The first-order valence-electron chi connectivity index (χ1n) is 10.9. The molecule has 172 valence electrons. The van der Waals surface area contributed by atoms with Gasteiger partial charge in [0.2, 0.25) is 0 Å². The molecule has 0 aliphatic carbocycles. The number of halogens is 1. The van der Waals surface area contributed by atoms with Crippen molar-refractivity contribution >= 4 is 29.9 Å². The second-order valence-corrected chi connectivity index (χ2v) is 7.22. The first kappa shape index (κ1) is 26.8. The Morgan fingerprint density at radius 2 is 1.73 bits per heavy atom. The van der Waals surface area contributed by atoms with Crippen LogP contribution in [-0.2, 0) is 6.42 Å². The third kappa shape index (κ3) is 9.26. The molecule has 1 aliphatic heterocycles. The summed E-state index contributed by atoms with van der Waals surface area (Å²) in [7, 11) is 3.50. The zero-order valence-corrected chi connectivity index (χ0v) is 21.4. The van der Waals surface area contributed by atoms with Crippen molar-refractivity contribution in [3.8, 4) is 11.5 Å². The average molecular weight is 533 g/mol. The van der Waals surface area contributed by atoms with Crippen molar-refractivity contribution in [2.45, 2.75) is 26.7 Å². The van der Waals surface area contributed by atoms with E-state index in [1.54, 1.807) is 7.11 Å². The fourth-order valence-corrected chi connectivity index (χ4v) is 3.53. The molecule has 1 aromatic rings. The van der Waals surface area contributed by atoms with E-state index in [1.807, 2.05) is 20.0 Å². The molecule has 0 spiro atoms. The fourth-order valence-electron chi connectivity index (χ4n) is 3.53. The number of benzene rings is 1. The van der Waals surface area contributed by atoms with E-state index < -0.39 is 0 Å². The highest BCUT2D eigenvalue weighted by Crippen LogP contribution is 2.28. The average Bonchev–Trinajstić information content (AvgIpc) is 2.76. The minimum Gasteiger partial charge on any atom is -0.493 e. The third-order valence-corrected chi connectivity index (χ3v) is 5.32. The summed E-state index contributed by atoms with van der Waals surface area (Å²) >= 11 is 0. The van der Waals surface area contributed by atoms with Gasteiger partial charge in [-0.1, -0.05) is 13.0 Å². The van der Waals surface area contributed by atoms with Crippen LogP contribution < -0.4 is 20.1 Å². The lowest BCUT2D eigenvalue weighted by Gasteiger charge is -2.34. The van der Waals surface area contributed by atoms with E-state index in [2.05, 4.69) is 44.5 Å². The van der Waals surface area contributed by atoms with Crippen LogP contribution >= 0.6 is 24.0 Å². The molecule has 2 rings (SSSR count). The maximum atomic E-state index is 5.66. The summed E-state index contributed by atoms with van der Waals surface area (Å²) in [6.07, 6.45) is 2.01. The topological polar surface area (TPSA) is 61.4 Å². The molecule has 0 bridgehead atoms. The van der Waals surface area contributed by atoms with Crippen LogP contribution in [0.4, 0.5) is 0 Å². The van der Waals surface area contributed by atoms with Crippen molar-refractivity contribution in [1.82, 2.24) is 20.4 Å². The van der Waals surface area contributed by atoms with E-state index >= 15 is 0 Å². The van der Waals surface area contributed by atoms with E-state index in [4.69, 9.17) is 9.47 Å². The molecular weight excluding hydrogens is 493 g/mol. The smallest absolute Gasteiger partial charge is 0.191 e. The minimum atomic E-state index is 0. The van der Waals surface area contributed by atoms with Crippen LogP contribution in [0.25, 0.3) is 0 Å². The molecule has 0 saturated carbocycles. The number of aryl methyl sites for hydroxylation is 1. The Hall–Kier alpha value is -1.26. The van der Waals surface area contributed by atoms with Gasteiger partial charge in [0.05, 0.1) is 13.7 Å². The first-order chi connectivity index (χ1) is 14.2. The molecule has 0 aromatic heterocycles. The van der Waals surface area contributed by atoms with Crippen molar-refractivity contribution in [2.24, 2.45) is 4.99 Å². The summed E-state index contributed by atoms with van der Waals surface area (Å²) in [5.74, 6) is 2.48. The predicted octanol–water partition coefficient (Wildman–Crippen LogP) is 2.45. The summed E-state index contributed by atoms with van der Waals surface area (Å²) in [5, 5.41) is 6.84. The molecule has 1 heterocycles. The van der Waals surface area contributed by atoms with E-state index in [1.165, 1.54) is 18.7 Å². The molecule has 7 nitrogen and oxygen atoms in total. The quantitative estimate of drug-likeness (QED) is 0.197. The maximum Gasteiger partial charge on any atom is 0.191 e. The predicted molar refractivity (Wildman–Crippen MR) is 136 cm³/mol. The maximum absolute atomic E-state index is 5.66. The molecule has 1 saturated heterocycles. The summed E-state index contributed by atoms with van der Waals surface area (Å²) in [5.41, 5.74) is 1.25. The van der Waals surface area contributed by atoms with Gasteiger partial charge in [-0.2, -0.15) is 0 Å². The van der Waals surface area contributed by atoms with Gasteiger partial charge in [-0.3, -0.25) is 9.89 Å². The van der Waals surface area contributed by atoms with Crippen LogP contribution in [0.15, 0.2) is 23.2 Å². The van der Waals surface area contributed by atoms with Crippen LogP contribution in [0.5, 0.6) is 11.5 Å². The number of aliphatic imine (C=N–C) groups is 1. The molecule has 0 unspecified atom stereocenters. The molecule has 2 N–H and O–H groups in total. The number of piperazine rings is 1. The van der Waals surface area contributed by atoms with Gasteiger partial charge >= 0.3 is 0 Å². The number of nitrogens with zero attached hydrogens (tertiary/aromatic N) is 3. The molecule has 1 aliphatic rings. The van der Waals surface area contributed by atoms with E-state index in [-0.39, 0.29) is 24.0 Å². The van der Waals surface area contributed by atoms with Gasteiger partial charge in [-0.15, -0.1) is 24.0 Å². The van der Waals surface area contributed by atoms with Crippen LogP contribution in [0.2, 0.25) is 0 Å². The molecular formula is C22H40IN5O2. The van der Waals surface area contributed by atoms with E-state index in [0.29, 0.717) is 6.61 Å². The second-order valence-electron chi connectivity index (χ2n) is 7.22. The largest absolute Gasteiger partial charge is 0.493 e. The van der Waals surface area contributed by atoms with E-state index in [0.717, 1.165) is 69.6 Å². The molecule has 8 heteroatoms. The third-order valence-electron chi connectivity index (χ3n) is 5.32. The monoisotopic (exact) mass is 533 g/mol.